The summed E-state index contributed by atoms with van der Waals surface area (Å²) in [6.45, 7) is 6.44. The number of esters is 1. The van der Waals surface area contributed by atoms with E-state index in [1.807, 2.05) is 23.6 Å². The van der Waals surface area contributed by atoms with Crippen LogP contribution < -0.4 is 5.73 Å². The highest BCUT2D eigenvalue weighted by Gasteiger charge is 2.35. The Morgan fingerprint density at radius 3 is 2.00 bits per heavy atom. The number of methoxy groups -OCH3 is 1. The van der Waals surface area contributed by atoms with Gasteiger partial charge in [-0.15, -0.1) is 0 Å². The molecule has 0 radical (unpaired) electrons. The number of hydrogen-bond acceptors (Lipinski definition) is 5. The zero-order valence-corrected chi connectivity index (χ0v) is 16.3. The lowest BCUT2D eigenvalue weighted by Crippen LogP contribution is -2.51. The summed E-state index contributed by atoms with van der Waals surface area (Å²) >= 11 is 0. The topological polar surface area (TPSA) is 92.9 Å². The fourth-order valence-electron chi connectivity index (χ4n) is 3.82. The highest BCUT2D eigenvalue weighted by atomic mass is 16.5. The summed E-state index contributed by atoms with van der Waals surface area (Å²) in [7, 11) is 1.40. The zero-order chi connectivity index (χ0) is 19.3. The van der Waals surface area contributed by atoms with Crippen LogP contribution >= 0.6 is 0 Å². The Morgan fingerprint density at radius 2 is 1.50 bits per heavy atom. The van der Waals surface area contributed by atoms with E-state index in [0.29, 0.717) is 51.9 Å². The molecule has 0 unspecified atom stereocenters. The number of ether oxygens (including phenoxy) is 1. The molecular formula is C19H33N3O4. The van der Waals surface area contributed by atoms with Crippen LogP contribution in [0, 0.1) is 17.8 Å². The number of nitrogens with two attached hydrogens (primary N) is 1. The van der Waals surface area contributed by atoms with Gasteiger partial charge in [0.2, 0.25) is 11.8 Å². The largest absolute Gasteiger partial charge is 0.469 e. The third-order valence-corrected chi connectivity index (χ3v) is 6.04. The van der Waals surface area contributed by atoms with Crippen molar-refractivity contribution in [3.05, 3.63) is 0 Å². The van der Waals surface area contributed by atoms with Crippen molar-refractivity contribution in [2.24, 2.45) is 23.5 Å². The van der Waals surface area contributed by atoms with Crippen molar-refractivity contribution in [1.29, 1.82) is 0 Å². The third-order valence-electron chi connectivity index (χ3n) is 6.04. The minimum atomic E-state index is -0.454. The molecule has 2 heterocycles. The SMILES string of the molecule is CC[C@@H](C)[C@H](N)C(=O)N1CCC(C(=O)N2CCC(C(=O)OC)CC2)CC1. The van der Waals surface area contributed by atoms with E-state index in [4.69, 9.17) is 10.5 Å². The molecular weight excluding hydrogens is 334 g/mol. The smallest absolute Gasteiger partial charge is 0.308 e. The van der Waals surface area contributed by atoms with Crippen LogP contribution in [0.3, 0.4) is 0 Å². The number of rotatable bonds is 5. The van der Waals surface area contributed by atoms with E-state index >= 15 is 0 Å². The Hall–Kier alpha value is -1.63. The van der Waals surface area contributed by atoms with Gasteiger partial charge in [-0.05, 0) is 31.6 Å². The predicted octanol–water partition coefficient (Wildman–Crippen LogP) is 1.01. The van der Waals surface area contributed by atoms with Gasteiger partial charge < -0.3 is 20.3 Å². The lowest BCUT2D eigenvalue weighted by atomic mass is 9.91. The number of likely N-dealkylation sites (tertiary alicyclic amines) is 2. The van der Waals surface area contributed by atoms with Gasteiger partial charge in [0.05, 0.1) is 19.1 Å². The number of amides is 2. The van der Waals surface area contributed by atoms with Gasteiger partial charge in [-0.25, -0.2) is 0 Å². The molecule has 2 saturated heterocycles. The highest BCUT2D eigenvalue weighted by Crippen LogP contribution is 2.25. The molecule has 0 spiro atoms. The maximum Gasteiger partial charge on any atom is 0.308 e. The normalized spacial score (nSPS) is 22.0. The molecule has 0 aromatic heterocycles. The van der Waals surface area contributed by atoms with Crippen molar-refractivity contribution in [1.82, 2.24) is 9.80 Å². The first kappa shape index (κ1) is 20.7. The molecule has 2 aliphatic rings. The van der Waals surface area contributed by atoms with E-state index in [1.54, 1.807) is 0 Å². The molecule has 2 fully saturated rings. The van der Waals surface area contributed by atoms with E-state index in [-0.39, 0.29) is 35.5 Å². The summed E-state index contributed by atoms with van der Waals surface area (Å²) in [5.74, 6) is 0.0226. The molecule has 2 amide bonds. The van der Waals surface area contributed by atoms with E-state index in [0.717, 1.165) is 6.42 Å². The average Bonchev–Trinajstić information content (AvgIpc) is 2.71. The number of nitrogens with zero attached hydrogens (tertiary/aromatic N) is 2. The standard InChI is InChI=1S/C19H33N3O4/c1-4-13(2)16(20)18(24)22-9-5-14(6-10-22)17(23)21-11-7-15(8-12-21)19(25)26-3/h13-16H,4-12,20H2,1-3H3/t13-,16+/m1/s1. The zero-order valence-electron chi connectivity index (χ0n) is 16.3. The van der Waals surface area contributed by atoms with Gasteiger partial charge in [0, 0.05) is 32.1 Å². The maximum absolute atomic E-state index is 12.7. The quantitative estimate of drug-likeness (QED) is 0.732. The second kappa shape index (κ2) is 9.35. The van der Waals surface area contributed by atoms with Gasteiger partial charge in [0.15, 0.2) is 0 Å². The summed E-state index contributed by atoms with van der Waals surface area (Å²) in [5, 5.41) is 0. The molecule has 7 heteroatoms. The minimum Gasteiger partial charge on any atom is -0.469 e. The lowest BCUT2D eigenvalue weighted by molar-refractivity contribution is -0.150. The van der Waals surface area contributed by atoms with Crippen LogP contribution in [0.25, 0.3) is 0 Å². The molecule has 0 aliphatic carbocycles. The molecule has 2 rings (SSSR count). The molecule has 0 aromatic carbocycles. The molecule has 26 heavy (non-hydrogen) atoms. The fraction of sp³-hybridized carbons (Fsp3) is 0.842. The van der Waals surface area contributed by atoms with Crippen molar-refractivity contribution in [2.75, 3.05) is 33.3 Å². The van der Waals surface area contributed by atoms with Crippen molar-refractivity contribution >= 4 is 17.8 Å². The molecule has 2 atom stereocenters. The number of carbonyl (C=O) groups is 3. The Balaban J connectivity index is 1.80. The van der Waals surface area contributed by atoms with Crippen molar-refractivity contribution in [3.8, 4) is 0 Å². The van der Waals surface area contributed by atoms with E-state index < -0.39 is 6.04 Å². The first-order valence-corrected chi connectivity index (χ1v) is 9.80. The summed E-state index contributed by atoms with van der Waals surface area (Å²) < 4.78 is 4.79. The predicted molar refractivity (Wildman–Crippen MR) is 98.1 cm³/mol. The Labute approximate surface area is 156 Å². The number of carbonyl (C=O) groups excluding carboxylic acids is 3. The molecule has 2 N–H and O–H groups in total. The van der Waals surface area contributed by atoms with Gasteiger partial charge in [0.25, 0.3) is 0 Å². The molecule has 0 bridgehead atoms. The van der Waals surface area contributed by atoms with Gasteiger partial charge in [-0.3, -0.25) is 14.4 Å². The third kappa shape index (κ3) is 4.75. The fourth-order valence-corrected chi connectivity index (χ4v) is 3.82. The lowest BCUT2D eigenvalue weighted by Gasteiger charge is -2.37. The summed E-state index contributed by atoms with van der Waals surface area (Å²) in [6.07, 6.45) is 3.59. The number of hydrogen-bond donors (Lipinski definition) is 1. The molecule has 148 valence electrons. The highest BCUT2D eigenvalue weighted by molar-refractivity contribution is 5.83. The van der Waals surface area contributed by atoms with Crippen LogP contribution in [0.2, 0.25) is 0 Å². The van der Waals surface area contributed by atoms with Crippen molar-refractivity contribution < 1.29 is 19.1 Å². The van der Waals surface area contributed by atoms with Crippen LogP contribution in [-0.2, 0) is 19.1 Å². The Morgan fingerprint density at radius 1 is 1.00 bits per heavy atom. The first-order valence-electron chi connectivity index (χ1n) is 9.80. The monoisotopic (exact) mass is 367 g/mol. The summed E-state index contributed by atoms with van der Waals surface area (Å²) in [5.41, 5.74) is 6.06. The molecule has 7 nitrogen and oxygen atoms in total. The van der Waals surface area contributed by atoms with Crippen LogP contribution in [0.15, 0.2) is 0 Å². The Bertz CT molecular complexity index is 509. The molecule has 2 aliphatic heterocycles. The van der Waals surface area contributed by atoms with Crippen LogP contribution in [0.1, 0.15) is 46.0 Å². The van der Waals surface area contributed by atoms with Crippen LogP contribution in [0.5, 0.6) is 0 Å². The van der Waals surface area contributed by atoms with Crippen molar-refractivity contribution in [3.63, 3.8) is 0 Å². The summed E-state index contributed by atoms with van der Waals surface area (Å²) in [6, 6.07) is -0.454. The van der Waals surface area contributed by atoms with E-state index in [1.165, 1.54) is 7.11 Å². The Kier molecular flexibility index (Phi) is 7.43. The van der Waals surface area contributed by atoms with Gasteiger partial charge in [-0.1, -0.05) is 20.3 Å². The molecule has 0 saturated carbocycles. The second-order valence-corrected chi connectivity index (χ2v) is 7.63. The van der Waals surface area contributed by atoms with Crippen LogP contribution in [-0.4, -0.2) is 66.9 Å². The maximum atomic E-state index is 12.7. The molecule has 0 aromatic rings. The summed E-state index contributed by atoms with van der Waals surface area (Å²) in [4.78, 5) is 40.5. The second-order valence-electron chi connectivity index (χ2n) is 7.63. The van der Waals surface area contributed by atoms with Gasteiger partial charge in [-0.2, -0.15) is 0 Å². The van der Waals surface area contributed by atoms with E-state index in [9.17, 15) is 14.4 Å². The van der Waals surface area contributed by atoms with E-state index in [2.05, 4.69) is 0 Å². The first-order chi connectivity index (χ1) is 12.4. The number of piperidine rings is 2. The van der Waals surface area contributed by atoms with Gasteiger partial charge >= 0.3 is 5.97 Å². The minimum absolute atomic E-state index is 0.00383. The van der Waals surface area contributed by atoms with Gasteiger partial charge in [0.1, 0.15) is 0 Å². The van der Waals surface area contributed by atoms with Crippen molar-refractivity contribution in [2.45, 2.75) is 52.0 Å². The average molecular weight is 367 g/mol. The van der Waals surface area contributed by atoms with Crippen LogP contribution in [0.4, 0.5) is 0 Å².